The molecule has 0 bridgehead atoms. The molecule has 0 fully saturated rings. The van der Waals surface area contributed by atoms with Crippen molar-refractivity contribution in [3.05, 3.63) is 35.1 Å². The Morgan fingerprint density at radius 1 is 1.37 bits per heavy atom. The number of ether oxygens (including phenoxy) is 1. The Balaban J connectivity index is 2.93. The Kier molecular flexibility index (Phi) is 4.96. The predicted molar refractivity (Wildman–Crippen MR) is 61.0 cm³/mol. The van der Waals surface area contributed by atoms with Gasteiger partial charge in [-0.25, -0.2) is 9.18 Å². The van der Waals surface area contributed by atoms with E-state index in [1.54, 1.807) is 0 Å². The highest BCUT2D eigenvalue weighted by molar-refractivity contribution is 5.88. The van der Waals surface area contributed by atoms with Crippen molar-refractivity contribution in [2.45, 2.75) is 18.6 Å². The van der Waals surface area contributed by atoms with Crippen molar-refractivity contribution in [3.8, 4) is 0 Å². The first-order valence-electron chi connectivity index (χ1n) is 5.32. The van der Waals surface area contributed by atoms with E-state index >= 15 is 0 Å². The summed E-state index contributed by atoms with van der Waals surface area (Å²) in [6.07, 6.45) is -3.45. The van der Waals surface area contributed by atoms with Crippen LogP contribution in [0.3, 0.4) is 0 Å². The summed E-state index contributed by atoms with van der Waals surface area (Å²) in [4.78, 5) is 21.7. The predicted octanol–water partition coefficient (Wildman–Crippen LogP) is 0.481. The van der Waals surface area contributed by atoms with Gasteiger partial charge in [-0.2, -0.15) is 0 Å². The molecule has 0 aromatic heterocycles. The third-order valence-electron chi connectivity index (χ3n) is 2.53. The summed E-state index contributed by atoms with van der Waals surface area (Å²) in [5, 5.41) is 28.1. The van der Waals surface area contributed by atoms with Crippen LogP contribution in [-0.2, 0) is 9.53 Å². The van der Waals surface area contributed by atoms with Gasteiger partial charge in [-0.3, -0.25) is 4.79 Å². The molecule has 104 valence electrons. The van der Waals surface area contributed by atoms with Crippen LogP contribution in [-0.4, -0.2) is 40.5 Å². The first-order chi connectivity index (χ1) is 8.86. The minimum absolute atomic E-state index is 0.00444. The molecule has 0 heterocycles. The van der Waals surface area contributed by atoms with Gasteiger partial charge in [-0.1, -0.05) is 6.07 Å². The minimum atomic E-state index is -1.52. The van der Waals surface area contributed by atoms with Crippen molar-refractivity contribution in [3.63, 3.8) is 0 Å². The van der Waals surface area contributed by atoms with Gasteiger partial charge in [0.25, 0.3) is 0 Å². The lowest BCUT2D eigenvalue weighted by Gasteiger charge is -2.17. The van der Waals surface area contributed by atoms with Crippen molar-refractivity contribution in [2.24, 2.45) is 0 Å². The highest BCUT2D eigenvalue weighted by Crippen LogP contribution is 2.22. The monoisotopic (exact) mass is 272 g/mol. The van der Waals surface area contributed by atoms with Crippen molar-refractivity contribution in [2.75, 3.05) is 7.11 Å². The molecule has 0 saturated heterocycles. The molecule has 1 aromatic carbocycles. The summed E-state index contributed by atoms with van der Waals surface area (Å²) in [5.74, 6) is -3.17. The van der Waals surface area contributed by atoms with E-state index in [4.69, 9.17) is 5.11 Å². The van der Waals surface area contributed by atoms with Crippen LogP contribution in [0.1, 0.15) is 28.4 Å². The third-order valence-corrected chi connectivity index (χ3v) is 2.53. The Morgan fingerprint density at radius 2 is 2.00 bits per heavy atom. The van der Waals surface area contributed by atoms with E-state index in [2.05, 4.69) is 4.74 Å². The van der Waals surface area contributed by atoms with Gasteiger partial charge in [0.15, 0.2) is 0 Å². The minimum Gasteiger partial charge on any atom is -0.478 e. The number of halogens is 1. The van der Waals surface area contributed by atoms with E-state index in [-0.39, 0.29) is 5.56 Å². The topological polar surface area (TPSA) is 104 Å². The summed E-state index contributed by atoms with van der Waals surface area (Å²) in [5.41, 5.74) is -0.628. The van der Waals surface area contributed by atoms with E-state index in [0.29, 0.717) is 0 Å². The number of esters is 1. The standard InChI is InChI=1S/C12H13FO6/c1-19-10(15)5-9(14)11(16)6-2-3-8(13)7(4-6)12(17)18/h2-4,9,11,14,16H,5H2,1H3,(H,17,18). The van der Waals surface area contributed by atoms with Gasteiger partial charge in [0, 0.05) is 0 Å². The molecule has 0 spiro atoms. The Labute approximate surface area is 108 Å². The largest absolute Gasteiger partial charge is 0.478 e. The number of carbonyl (C=O) groups excluding carboxylic acids is 1. The highest BCUT2D eigenvalue weighted by Gasteiger charge is 2.23. The van der Waals surface area contributed by atoms with Crippen LogP contribution in [0.25, 0.3) is 0 Å². The van der Waals surface area contributed by atoms with Gasteiger partial charge in [-0.15, -0.1) is 0 Å². The van der Waals surface area contributed by atoms with Crippen LogP contribution in [0.2, 0.25) is 0 Å². The number of carboxylic acid groups (broad SMARTS) is 1. The number of aromatic carboxylic acids is 1. The summed E-state index contributed by atoms with van der Waals surface area (Å²) < 4.78 is 17.5. The molecule has 0 amide bonds. The molecule has 2 atom stereocenters. The van der Waals surface area contributed by atoms with Crippen molar-refractivity contribution in [1.82, 2.24) is 0 Å². The second-order valence-electron chi connectivity index (χ2n) is 3.84. The molecule has 0 radical (unpaired) electrons. The van der Waals surface area contributed by atoms with Gasteiger partial charge in [0.1, 0.15) is 11.9 Å². The number of carboxylic acids is 1. The molecule has 19 heavy (non-hydrogen) atoms. The molecule has 1 rings (SSSR count). The molecule has 7 heteroatoms. The SMILES string of the molecule is COC(=O)CC(O)C(O)c1ccc(F)c(C(=O)O)c1. The first-order valence-corrected chi connectivity index (χ1v) is 5.32. The lowest BCUT2D eigenvalue weighted by atomic mass is 10.00. The third kappa shape index (κ3) is 3.73. The lowest BCUT2D eigenvalue weighted by molar-refractivity contribution is -0.144. The molecule has 6 nitrogen and oxygen atoms in total. The molecule has 0 aliphatic carbocycles. The van der Waals surface area contributed by atoms with Crippen LogP contribution in [0.5, 0.6) is 0 Å². The Bertz CT molecular complexity index is 487. The van der Waals surface area contributed by atoms with E-state index in [9.17, 15) is 24.2 Å². The number of methoxy groups -OCH3 is 1. The maximum atomic E-state index is 13.2. The van der Waals surface area contributed by atoms with E-state index in [1.807, 2.05) is 0 Å². The number of carbonyl (C=O) groups is 2. The molecule has 3 N–H and O–H groups in total. The second kappa shape index (κ2) is 6.26. The average molecular weight is 272 g/mol. The van der Waals surface area contributed by atoms with Crippen LogP contribution < -0.4 is 0 Å². The van der Waals surface area contributed by atoms with Crippen molar-refractivity contribution < 1.29 is 34.0 Å². The number of hydrogen-bond acceptors (Lipinski definition) is 5. The molecule has 2 unspecified atom stereocenters. The number of hydrogen-bond donors (Lipinski definition) is 3. The van der Waals surface area contributed by atoms with Gasteiger partial charge in [-0.05, 0) is 17.7 Å². The van der Waals surface area contributed by atoms with Gasteiger partial charge in [0.2, 0.25) is 0 Å². The van der Waals surface area contributed by atoms with E-state index in [0.717, 1.165) is 25.3 Å². The van der Waals surface area contributed by atoms with Crippen LogP contribution in [0.15, 0.2) is 18.2 Å². The fourth-order valence-electron chi connectivity index (χ4n) is 1.48. The van der Waals surface area contributed by atoms with Crippen LogP contribution in [0.4, 0.5) is 4.39 Å². The van der Waals surface area contributed by atoms with Crippen LogP contribution >= 0.6 is 0 Å². The number of rotatable bonds is 5. The maximum Gasteiger partial charge on any atom is 0.338 e. The zero-order valence-electron chi connectivity index (χ0n) is 10.0. The quantitative estimate of drug-likeness (QED) is 0.673. The fourth-order valence-corrected chi connectivity index (χ4v) is 1.48. The summed E-state index contributed by atoms with van der Waals surface area (Å²) in [7, 11) is 1.13. The molecule has 0 aliphatic heterocycles. The summed E-state index contributed by atoms with van der Waals surface area (Å²) in [6.45, 7) is 0. The van der Waals surface area contributed by atoms with Crippen molar-refractivity contribution in [1.29, 1.82) is 0 Å². The molecule has 1 aromatic rings. The van der Waals surface area contributed by atoms with Crippen molar-refractivity contribution >= 4 is 11.9 Å². The summed E-state index contributed by atoms with van der Waals surface area (Å²) in [6, 6.07) is 2.91. The van der Waals surface area contributed by atoms with Gasteiger partial charge < -0.3 is 20.1 Å². The van der Waals surface area contributed by atoms with Gasteiger partial charge >= 0.3 is 11.9 Å². The number of aliphatic hydroxyl groups excluding tert-OH is 2. The van der Waals surface area contributed by atoms with Gasteiger partial charge in [0.05, 0.1) is 25.2 Å². The first kappa shape index (κ1) is 15.1. The Hall–Kier alpha value is -1.99. The maximum absolute atomic E-state index is 13.2. The summed E-state index contributed by atoms with van der Waals surface area (Å²) >= 11 is 0. The van der Waals surface area contributed by atoms with Crippen LogP contribution in [0, 0.1) is 5.82 Å². The smallest absolute Gasteiger partial charge is 0.338 e. The second-order valence-corrected chi connectivity index (χ2v) is 3.84. The fraction of sp³-hybridized carbons (Fsp3) is 0.333. The zero-order chi connectivity index (χ0) is 14.6. The molecule has 0 aliphatic rings. The molecular formula is C12H13FO6. The average Bonchev–Trinajstić information content (AvgIpc) is 2.37. The molecule has 0 saturated carbocycles. The number of aliphatic hydroxyl groups is 2. The molecular weight excluding hydrogens is 259 g/mol. The normalized spacial score (nSPS) is 13.7. The Morgan fingerprint density at radius 3 is 2.53 bits per heavy atom. The van der Waals surface area contributed by atoms with E-state index < -0.39 is 41.9 Å². The van der Waals surface area contributed by atoms with E-state index in [1.165, 1.54) is 0 Å². The number of benzene rings is 1. The highest BCUT2D eigenvalue weighted by atomic mass is 19.1. The lowest BCUT2D eigenvalue weighted by Crippen LogP contribution is -2.23. The zero-order valence-corrected chi connectivity index (χ0v) is 10.0.